The van der Waals surface area contributed by atoms with E-state index in [1.165, 1.54) is 0 Å². The van der Waals surface area contributed by atoms with Crippen LogP contribution >= 0.6 is 0 Å². The lowest BCUT2D eigenvalue weighted by atomic mass is 9.88. The Morgan fingerprint density at radius 2 is 1.96 bits per heavy atom. The lowest BCUT2D eigenvalue weighted by Crippen LogP contribution is -2.53. The number of fused-ring (bicyclic) bond motifs is 3. The predicted octanol–water partition coefficient (Wildman–Crippen LogP) is -1.12. The van der Waals surface area contributed by atoms with Gasteiger partial charge in [0.2, 0.25) is 0 Å². The van der Waals surface area contributed by atoms with E-state index in [1.54, 1.807) is 0 Å². The maximum Gasteiger partial charge on any atom is 0.321 e. The SMILES string of the molecule is O=C(O)[C@@H]1Cc2c([nH]c3ccccc23)[C@@H]([C@H](O)[C@H](O)[C@H](O)CO)N1. The molecule has 8 heteroatoms. The summed E-state index contributed by atoms with van der Waals surface area (Å²) in [5.41, 5.74) is 2.13. The van der Waals surface area contributed by atoms with Crippen LogP contribution in [-0.4, -0.2) is 67.4 Å². The van der Waals surface area contributed by atoms with E-state index in [1.807, 2.05) is 24.3 Å². The smallest absolute Gasteiger partial charge is 0.321 e. The molecule has 0 spiro atoms. The number of para-hydroxylation sites is 1. The Hall–Kier alpha value is -1.97. The summed E-state index contributed by atoms with van der Waals surface area (Å²) in [6, 6.07) is 5.52. The van der Waals surface area contributed by atoms with Crippen LogP contribution in [0, 0.1) is 0 Å². The van der Waals surface area contributed by atoms with Gasteiger partial charge in [0.25, 0.3) is 0 Å². The lowest BCUT2D eigenvalue weighted by molar-refractivity contribution is -0.141. The minimum Gasteiger partial charge on any atom is -0.480 e. The van der Waals surface area contributed by atoms with E-state index < -0.39 is 43.0 Å². The van der Waals surface area contributed by atoms with Crippen molar-refractivity contribution < 1.29 is 30.3 Å². The molecule has 5 atom stereocenters. The second-order valence-corrected chi connectivity index (χ2v) is 6.03. The topological polar surface area (TPSA) is 146 Å². The number of carbonyl (C=O) groups is 1. The van der Waals surface area contributed by atoms with Gasteiger partial charge in [0.15, 0.2) is 0 Å². The van der Waals surface area contributed by atoms with Crippen LogP contribution in [-0.2, 0) is 11.2 Å². The first-order valence-corrected chi connectivity index (χ1v) is 7.67. The number of aliphatic hydroxyl groups is 4. The maximum absolute atomic E-state index is 11.4. The summed E-state index contributed by atoms with van der Waals surface area (Å²) >= 11 is 0. The zero-order valence-corrected chi connectivity index (χ0v) is 12.8. The van der Waals surface area contributed by atoms with Crippen molar-refractivity contribution in [2.45, 2.75) is 36.8 Å². The Bertz CT molecular complexity index is 745. The summed E-state index contributed by atoms with van der Waals surface area (Å²) in [6.45, 7) is -0.715. The van der Waals surface area contributed by atoms with Gasteiger partial charge in [-0.1, -0.05) is 18.2 Å². The monoisotopic (exact) mass is 336 g/mol. The van der Waals surface area contributed by atoms with Gasteiger partial charge in [0.05, 0.1) is 12.6 Å². The molecule has 24 heavy (non-hydrogen) atoms. The number of carboxylic acid groups (broad SMARTS) is 1. The van der Waals surface area contributed by atoms with Gasteiger partial charge in [0.1, 0.15) is 24.4 Å². The summed E-state index contributed by atoms with van der Waals surface area (Å²) in [5, 5.41) is 52.0. The van der Waals surface area contributed by atoms with Crippen LogP contribution in [0.3, 0.4) is 0 Å². The third-order valence-corrected chi connectivity index (χ3v) is 4.52. The average Bonchev–Trinajstić information content (AvgIpc) is 2.97. The van der Waals surface area contributed by atoms with E-state index in [9.17, 15) is 25.2 Å². The quantitative estimate of drug-likeness (QED) is 0.366. The van der Waals surface area contributed by atoms with Crippen molar-refractivity contribution in [1.82, 2.24) is 10.3 Å². The average molecular weight is 336 g/mol. The van der Waals surface area contributed by atoms with Crippen LogP contribution in [0.15, 0.2) is 24.3 Å². The minimum atomic E-state index is -1.63. The number of hydrogen-bond donors (Lipinski definition) is 7. The van der Waals surface area contributed by atoms with Crippen molar-refractivity contribution in [2.24, 2.45) is 0 Å². The van der Waals surface area contributed by atoms with Crippen molar-refractivity contribution in [1.29, 1.82) is 0 Å². The summed E-state index contributed by atoms with van der Waals surface area (Å²) < 4.78 is 0. The van der Waals surface area contributed by atoms with Gasteiger partial charge in [-0.15, -0.1) is 0 Å². The highest BCUT2D eigenvalue weighted by Gasteiger charge is 2.40. The number of rotatable bonds is 5. The lowest BCUT2D eigenvalue weighted by Gasteiger charge is -2.35. The second kappa shape index (κ2) is 6.50. The van der Waals surface area contributed by atoms with E-state index >= 15 is 0 Å². The van der Waals surface area contributed by atoms with E-state index in [4.69, 9.17) is 5.11 Å². The highest BCUT2D eigenvalue weighted by atomic mass is 16.4. The van der Waals surface area contributed by atoms with Gasteiger partial charge in [0, 0.05) is 23.0 Å². The van der Waals surface area contributed by atoms with Gasteiger partial charge >= 0.3 is 5.97 Å². The third-order valence-electron chi connectivity index (χ3n) is 4.52. The van der Waals surface area contributed by atoms with E-state index in [-0.39, 0.29) is 6.42 Å². The van der Waals surface area contributed by atoms with Crippen LogP contribution < -0.4 is 5.32 Å². The van der Waals surface area contributed by atoms with Crippen molar-refractivity contribution in [3.63, 3.8) is 0 Å². The molecule has 130 valence electrons. The number of benzene rings is 1. The molecule has 1 aromatic carbocycles. The van der Waals surface area contributed by atoms with Crippen LogP contribution in [0.5, 0.6) is 0 Å². The number of nitrogens with one attached hydrogen (secondary N) is 2. The standard InChI is InChI=1S/C16H20N2O6/c19-6-11(20)14(21)15(22)13-12-8(5-10(18-13)16(23)24)7-3-1-2-4-9(7)17-12/h1-4,10-11,13-15,17-22H,5-6H2,(H,23,24)/t10-,11+,13-,14+,15-/m0/s1. The molecule has 2 aromatic rings. The molecule has 0 saturated heterocycles. The Kier molecular flexibility index (Phi) is 4.57. The third kappa shape index (κ3) is 2.79. The predicted molar refractivity (Wildman–Crippen MR) is 84.4 cm³/mol. The molecule has 3 rings (SSSR count). The fraction of sp³-hybridized carbons (Fsp3) is 0.438. The molecular formula is C16H20N2O6. The molecule has 7 N–H and O–H groups in total. The van der Waals surface area contributed by atoms with Gasteiger partial charge < -0.3 is 30.5 Å². The summed E-state index contributed by atoms with van der Waals surface area (Å²) in [5.74, 6) is -1.07. The van der Waals surface area contributed by atoms with Crippen LogP contribution in [0.25, 0.3) is 10.9 Å². The number of hydrogen-bond acceptors (Lipinski definition) is 6. The fourth-order valence-electron chi connectivity index (χ4n) is 3.23. The van der Waals surface area contributed by atoms with Gasteiger partial charge in [-0.2, -0.15) is 0 Å². The number of aromatic nitrogens is 1. The number of H-pyrrole nitrogens is 1. The molecule has 0 bridgehead atoms. The normalized spacial score (nSPS) is 24.3. The molecule has 0 saturated carbocycles. The second-order valence-electron chi connectivity index (χ2n) is 6.03. The summed E-state index contributed by atoms with van der Waals surface area (Å²) in [6.07, 6.45) is -4.42. The van der Waals surface area contributed by atoms with Gasteiger partial charge in [-0.05, 0) is 11.6 Å². The van der Waals surface area contributed by atoms with E-state index in [2.05, 4.69) is 10.3 Å². The molecule has 1 aliphatic rings. The molecule has 0 fully saturated rings. The van der Waals surface area contributed by atoms with Crippen molar-refractivity contribution in [3.8, 4) is 0 Å². The highest BCUT2D eigenvalue weighted by molar-refractivity contribution is 5.86. The van der Waals surface area contributed by atoms with Crippen LogP contribution in [0.4, 0.5) is 0 Å². The highest BCUT2D eigenvalue weighted by Crippen LogP contribution is 2.34. The first-order valence-electron chi connectivity index (χ1n) is 7.67. The maximum atomic E-state index is 11.4. The van der Waals surface area contributed by atoms with Crippen LogP contribution in [0.1, 0.15) is 17.3 Å². The number of aliphatic carboxylic acids is 1. The first-order chi connectivity index (χ1) is 11.4. The Morgan fingerprint density at radius 3 is 2.62 bits per heavy atom. The molecule has 0 aliphatic carbocycles. The zero-order chi connectivity index (χ0) is 17.4. The fourth-order valence-corrected chi connectivity index (χ4v) is 3.23. The molecule has 8 nitrogen and oxygen atoms in total. The minimum absolute atomic E-state index is 0.233. The first kappa shape index (κ1) is 16.9. The summed E-state index contributed by atoms with van der Waals surface area (Å²) in [7, 11) is 0. The van der Waals surface area contributed by atoms with Crippen LogP contribution in [0.2, 0.25) is 0 Å². The Balaban J connectivity index is 2.05. The van der Waals surface area contributed by atoms with E-state index in [0.29, 0.717) is 5.69 Å². The Morgan fingerprint density at radius 1 is 1.25 bits per heavy atom. The van der Waals surface area contributed by atoms with Gasteiger partial charge in [-0.25, -0.2) is 0 Å². The molecular weight excluding hydrogens is 316 g/mol. The molecule has 0 radical (unpaired) electrons. The Labute approximate surface area is 137 Å². The summed E-state index contributed by atoms with van der Waals surface area (Å²) in [4.78, 5) is 14.6. The largest absolute Gasteiger partial charge is 0.480 e. The van der Waals surface area contributed by atoms with Crippen molar-refractivity contribution in [3.05, 3.63) is 35.5 Å². The number of aliphatic hydroxyl groups excluding tert-OH is 4. The zero-order valence-electron chi connectivity index (χ0n) is 12.8. The molecule has 0 unspecified atom stereocenters. The number of aromatic amines is 1. The van der Waals surface area contributed by atoms with Gasteiger partial charge in [-0.3, -0.25) is 10.1 Å². The number of carboxylic acids is 1. The molecule has 1 aliphatic heterocycles. The van der Waals surface area contributed by atoms with Crippen molar-refractivity contribution >= 4 is 16.9 Å². The molecule has 2 heterocycles. The van der Waals surface area contributed by atoms with E-state index in [0.717, 1.165) is 16.5 Å². The van der Waals surface area contributed by atoms with Crippen molar-refractivity contribution in [2.75, 3.05) is 6.61 Å². The molecule has 0 amide bonds. The molecule has 1 aromatic heterocycles.